The number of nitrogens with one attached hydrogen (secondary N) is 3. The van der Waals surface area contributed by atoms with Crippen LogP contribution in [0.15, 0.2) is 47.4 Å². The van der Waals surface area contributed by atoms with E-state index in [1.807, 2.05) is 12.1 Å². The second-order valence-electron chi connectivity index (χ2n) is 7.43. The lowest BCUT2D eigenvalue weighted by atomic mass is 9.87. The molecular weight excluding hydrogens is 394 g/mol. The summed E-state index contributed by atoms with van der Waals surface area (Å²) in [6.07, 6.45) is 0. The van der Waals surface area contributed by atoms with E-state index in [1.165, 1.54) is 32.2 Å². The third-order valence-corrected chi connectivity index (χ3v) is 5.35. The standard InChI is InChI=1S/C20H25N3O5S/c1-13(24)21-17-11-10-16(12-18(17)28-5)29(26,27)23-22-19(25)14-6-8-15(9-7-14)20(2,3)4/h6-12,23H,1-5H3,(H,21,24)(H,22,25). The normalized spacial score (nSPS) is 11.6. The molecule has 3 N–H and O–H groups in total. The summed E-state index contributed by atoms with van der Waals surface area (Å²) in [6, 6.07) is 10.9. The van der Waals surface area contributed by atoms with Crippen molar-refractivity contribution in [1.29, 1.82) is 0 Å². The molecule has 8 nitrogen and oxygen atoms in total. The molecule has 0 radical (unpaired) electrons. The summed E-state index contributed by atoms with van der Waals surface area (Å²) in [6.45, 7) is 7.50. The maximum atomic E-state index is 12.5. The van der Waals surface area contributed by atoms with E-state index < -0.39 is 15.9 Å². The van der Waals surface area contributed by atoms with Gasteiger partial charge in [0.25, 0.3) is 15.9 Å². The Bertz CT molecular complexity index is 1010. The number of hydrogen-bond donors (Lipinski definition) is 3. The highest BCUT2D eigenvalue weighted by Gasteiger charge is 2.19. The van der Waals surface area contributed by atoms with E-state index in [0.29, 0.717) is 11.3 Å². The second kappa shape index (κ2) is 8.62. The van der Waals surface area contributed by atoms with Crippen molar-refractivity contribution in [3.8, 4) is 5.75 Å². The van der Waals surface area contributed by atoms with Crippen LogP contribution in [0.1, 0.15) is 43.6 Å². The Morgan fingerprint density at radius 1 is 1.00 bits per heavy atom. The van der Waals surface area contributed by atoms with Crippen LogP contribution in [-0.2, 0) is 20.2 Å². The fourth-order valence-electron chi connectivity index (χ4n) is 2.50. The van der Waals surface area contributed by atoms with E-state index in [9.17, 15) is 18.0 Å². The van der Waals surface area contributed by atoms with Gasteiger partial charge in [0, 0.05) is 18.6 Å². The molecular formula is C20H25N3O5S. The average molecular weight is 420 g/mol. The molecule has 0 unspecified atom stereocenters. The van der Waals surface area contributed by atoms with Gasteiger partial charge in [0.2, 0.25) is 5.91 Å². The Labute approximate surface area is 170 Å². The van der Waals surface area contributed by atoms with Crippen LogP contribution in [0.4, 0.5) is 5.69 Å². The molecule has 0 saturated carbocycles. The maximum absolute atomic E-state index is 12.5. The van der Waals surface area contributed by atoms with Crippen LogP contribution in [0, 0.1) is 0 Å². The van der Waals surface area contributed by atoms with Crippen molar-refractivity contribution in [2.45, 2.75) is 38.0 Å². The number of carbonyl (C=O) groups is 2. The lowest BCUT2D eigenvalue weighted by molar-refractivity contribution is -0.114. The van der Waals surface area contributed by atoms with Crippen molar-refractivity contribution in [1.82, 2.24) is 10.3 Å². The molecule has 0 saturated heterocycles. The topological polar surface area (TPSA) is 114 Å². The predicted octanol–water partition coefficient (Wildman–Crippen LogP) is 2.57. The molecule has 29 heavy (non-hydrogen) atoms. The summed E-state index contributed by atoms with van der Waals surface area (Å²) < 4.78 is 30.1. The van der Waals surface area contributed by atoms with Gasteiger partial charge in [-0.1, -0.05) is 32.9 Å². The molecule has 0 aliphatic heterocycles. The van der Waals surface area contributed by atoms with Gasteiger partial charge in [-0.3, -0.25) is 15.0 Å². The van der Waals surface area contributed by atoms with E-state index in [1.54, 1.807) is 12.1 Å². The third kappa shape index (κ3) is 5.78. The SMILES string of the molecule is COc1cc(S(=O)(=O)NNC(=O)c2ccc(C(C)(C)C)cc2)ccc1NC(C)=O. The minimum Gasteiger partial charge on any atom is -0.495 e. The minimum atomic E-state index is -4.05. The number of anilines is 1. The maximum Gasteiger partial charge on any atom is 0.266 e. The first-order valence-electron chi connectivity index (χ1n) is 8.82. The first-order valence-corrected chi connectivity index (χ1v) is 10.3. The first-order chi connectivity index (χ1) is 13.4. The number of rotatable bonds is 6. The van der Waals surface area contributed by atoms with Crippen molar-refractivity contribution in [3.63, 3.8) is 0 Å². The van der Waals surface area contributed by atoms with Gasteiger partial charge in [-0.05, 0) is 35.2 Å². The summed E-state index contributed by atoms with van der Waals surface area (Å²) in [7, 11) is -2.69. The molecule has 0 aromatic heterocycles. The van der Waals surface area contributed by atoms with Crippen molar-refractivity contribution in [3.05, 3.63) is 53.6 Å². The molecule has 0 spiro atoms. The summed E-state index contributed by atoms with van der Waals surface area (Å²) in [4.78, 5) is 25.4. The minimum absolute atomic E-state index is 0.0565. The average Bonchev–Trinajstić information content (AvgIpc) is 2.65. The van der Waals surface area contributed by atoms with Crippen molar-refractivity contribution < 1.29 is 22.7 Å². The van der Waals surface area contributed by atoms with Gasteiger partial charge in [-0.15, -0.1) is 4.83 Å². The molecule has 156 valence electrons. The summed E-state index contributed by atoms with van der Waals surface area (Å²) in [5.41, 5.74) is 3.85. The van der Waals surface area contributed by atoms with E-state index in [-0.39, 0.29) is 22.0 Å². The van der Waals surface area contributed by atoms with Crippen LogP contribution in [0.3, 0.4) is 0 Å². The molecule has 0 bridgehead atoms. The number of sulfonamides is 1. The first kappa shape index (κ1) is 22.4. The molecule has 2 amide bonds. The Morgan fingerprint density at radius 2 is 1.62 bits per heavy atom. The molecule has 0 aliphatic rings. The van der Waals surface area contributed by atoms with Gasteiger partial charge >= 0.3 is 0 Å². The van der Waals surface area contributed by atoms with Crippen LogP contribution in [-0.4, -0.2) is 27.3 Å². The fraction of sp³-hybridized carbons (Fsp3) is 0.300. The number of amides is 2. The number of hydrazine groups is 1. The van der Waals surface area contributed by atoms with Crippen molar-refractivity contribution >= 4 is 27.5 Å². The number of hydrogen-bond acceptors (Lipinski definition) is 5. The van der Waals surface area contributed by atoms with E-state index in [0.717, 1.165) is 5.56 Å². The van der Waals surface area contributed by atoms with Crippen LogP contribution in [0.5, 0.6) is 5.75 Å². The largest absolute Gasteiger partial charge is 0.495 e. The smallest absolute Gasteiger partial charge is 0.266 e. The summed E-state index contributed by atoms with van der Waals surface area (Å²) in [5.74, 6) is -0.732. The molecule has 2 rings (SSSR count). The highest BCUT2D eigenvalue weighted by Crippen LogP contribution is 2.27. The van der Waals surface area contributed by atoms with Gasteiger partial charge in [0.1, 0.15) is 5.75 Å². The van der Waals surface area contributed by atoms with E-state index in [2.05, 4.69) is 36.3 Å². The lowest BCUT2D eigenvalue weighted by Crippen LogP contribution is -2.41. The fourth-order valence-corrected chi connectivity index (χ4v) is 3.35. The summed E-state index contributed by atoms with van der Waals surface area (Å²) in [5, 5.41) is 2.54. The van der Waals surface area contributed by atoms with Gasteiger partial charge < -0.3 is 10.1 Å². The number of methoxy groups -OCH3 is 1. The molecule has 0 heterocycles. The number of benzene rings is 2. The molecule has 2 aromatic carbocycles. The Hall–Kier alpha value is -2.91. The molecule has 0 fully saturated rings. The van der Waals surface area contributed by atoms with Gasteiger partial charge in [-0.2, -0.15) is 0 Å². The molecule has 9 heteroatoms. The van der Waals surface area contributed by atoms with Gasteiger partial charge in [-0.25, -0.2) is 8.42 Å². The van der Waals surface area contributed by atoms with Crippen LogP contribution in [0.2, 0.25) is 0 Å². The van der Waals surface area contributed by atoms with E-state index >= 15 is 0 Å². The molecule has 0 atom stereocenters. The highest BCUT2D eigenvalue weighted by molar-refractivity contribution is 7.89. The van der Waals surface area contributed by atoms with Crippen LogP contribution in [0.25, 0.3) is 0 Å². The quantitative estimate of drug-likeness (QED) is 0.623. The Kier molecular flexibility index (Phi) is 6.66. The van der Waals surface area contributed by atoms with Crippen LogP contribution < -0.4 is 20.3 Å². The monoisotopic (exact) mass is 419 g/mol. The molecule has 0 aliphatic carbocycles. The zero-order valence-corrected chi connectivity index (χ0v) is 17.8. The Morgan fingerprint density at radius 3 is 2.14 bits per heavy atom. The Balaban J connectivity index is 2.13. The van der Waals surface area contributed by atoms with Crippen LogP contribution >= 0.6 is 0 Å². The van der Waals surface area contributed by atoms with Gasteiger partial charge in [0.15, 0.2) is 0 Å². The zero-order valence-electron chi connectivity index (χ0n) is 17.0. The highest BCUT2D eigenvalue weighted by atomic mass is 32.2. The molecule has 2 aromatic rings. The number of carbonyl (C=O) groups excluding carboxylic acids is 2. The van der Waals surface area contributed by atoms with Gasteiger partial charge in [0.05, 0.1) is 17.7 Å². The summed E-state index contributed by atoms with van der Waals surface area (Å²) >= 11 is 0. The zero-order chi connectivity index (χ0) is 21.8. The number of ether oxygens (including phenoxy) is 1. The predicted molar refractivity (Wildman–Crippen MR) is 110 cm³/mol. The van der Waals surface area contributed by atoms with Crippen molar-refractivity contribution in [2.75, 3.05) is 12.4 Å². The van der Waals surface area contributed by atoms with Crippen molar-refractivity contribution in [2.24, 2.45) is 0 Å². The second-order valence-corrected chi connectivity index (χ2v) is 9.11. The van der Waals surface area contributed by atoms with E-state index in [4.69, 9.17) is 4.74 Å². The lowest BCUT2D eigenvalue weighted by Gasteiger charge is -2.19. The third-order valence-electron chi connectivity index (χ3n) is 4.11.